The van der Waals surface area contributed by atoms with Gasteiger partial charge in [-0.25, -0.2) is 0 Å². The summed E-state index contributed by atoms with van der Waals surface area (Å²) in [5.74, 6) is -0.378. The van der Waals surface area contributed by atoms with Crippen LogP contribution >= 0.6 is 11.6 Å². The minimum Gasteiger partial charge on any atom is -0.454 e. The maximum Gasteiger partial charge on any atom is 0.303 e. The van der Waals surface area contributed by atoms with Crippen LogP contribution in [-0.2, 0) is 9.53 Å². The minimum absolute atomic E-state index is 0.265. The molecule has 0 bridgehead atoms. The molecule has 1 rings (SSSR count). The van der Waals surface area contributed by atoms with Crippen molar-refractivity contribution in [3.63, 3.8) is 0 Å². The summed E-state index contributed by atoms with van der Waals surface area (Å²) >= 11 is 5.76. The van der Waals surface area contributed by atoms with E-state index in [2.05, 4.69) is 0 Å². The molecule has 0 saturated heterocycles. The highest BCUT2D eigenvalue weighted by molar-refractivity contribution is 6.31. The molecule has 0 unspecified atom stereocenters. The summed E-state index contributed by atoms with van der Waals surface area (Å²) in [4.78, 5) is 10.6. The van der Waals surface area contributed by atoms with Crippen LogP contribution in [0.5, 0.6) is 0 Å². The van der Waals surface area contributed by atoms with E-state index in [9.17, 15) is 9.90 Å². The Hall–Kier alpha value is -0.800. The number of carbonyl (C=O) groups is 1. The summed E-state index contributed by atoms with van der Waals surface area (Å²) in [6.45, 7) is 2.88. The smallest absolute Gasteiger partial charge is 0.303 e. The Kier molecular flexibility index (Phi) is 2.78. The van der Waals surface area contributed by atoms with Gasteiger partial charge in [-0.15, -0.1) is 0 Å². The van der Waals surface area contributed by atoms with Gasteiger partial charge >= 0.3 is 5.97 Å². The van der Waals surface area contributed by atoms with E-state index in [1.165, 1.54) is 19.1 Å². The maximum atomic E-state index is 10.6. The number of halogens is 1. The highest BCUT2D eigenvalue weighted by atomic mass is 35.5. The van der Waals surface area contributed by atoms with Crippen molar-refractivity contribution >= 4 is 17.6 Å². The standard InChI is InChI=1S/C9H11ClO3/c1-6(11)13-7-3-4-9(2,12)8(10)5-7/h3-5,7,12H,1-2H3/t7-,9+/m0/s1. The topological polar surface area (TPSA) is 46.5 Å². The molecule has 1 aliphatic carbocycles. The Morgan fingerprint density at radius 1 is 1.77 bits per heavy atom. The second-order valence-corrected chi connectivity index (χ2v) is 3.50. The van der Waals surface area contributed by atoms with E-state index in [0.29, 0.717) is 0 Å². The van der Waals surface area contributed by atoms with Gasteiger partial charge in [0.2, 0.25) is 0 Å². The van der Waals surface area contributed by atoms with Crippen LogP contribution in [-0.4, -0.2) is 22.8 Å². The van der Waals surface area contributed by atoms with Gasteiger partial charge in [0.05, 0.1) is 5.03 Å². The Balaban J connectivity index is 2.72. The molecule has 2 atom stereocenters. The third-order valence-corrected chi connectivity index (χ3v) is 2.22. The van der Waals surface area contributed by atoms with Gasteiger partial charge in [0.1, 0.15) is 11.7 Å². The average Bonchev–Trinajstić information content (AvgIpc) is 1.97. The molecular weight excluding hydrogens is 192 g/mol. The predicted molar refractivity (Wildman–Crippen MR) is 49.3 cm³/mol. The summed E-state index contributed by atoms with van der Waals surface area (Å²) < 4.78 is 4.86. The Morgan fingerprint density at radius 3 is 2.85 bits per heavy atom. The summed E-state index contributed by atoms with van der Waals surface area (Å²) in [7, 11) is 0. The van der Waals surface area contributed by atoms with E-state index in [0.717, 1.165) is 0 Å². The number of hydrogen-bond donors (Lipinski definition) is 1. The van der Waals surface area contributed by atoms with Crippen LogP contribution in [0.1, 0.15) is 13.8 Å². The lowest BCUT2D eigenvalue weighted by molar-refractivity contribution is -0.142. The van der Waals surface area contributed by atoms with E-state index in [-0.39, 0.29) is 11.0 Å². The van der Waals surface area contributed by atoms with Crippen molar-refractivity contribution in [3.8, 4) is 0 Å². The van der Waals surface area contributed by atoms with Crippen LogP contribution in [0.15, 0.2) is 23.3 Å². The van der Waals surface area contributed by atoms with Crippen LogP contribution in [0, 0.1) is 0 Å². The zero-order chi connectivity index (χ0) is 10.1. The fourth-order valence-electron chi connectivity index (χ4n) is 0.995. The third kappa shape index (κ3) is 2.57. The van der Waals surface area contributed by atoms with E-state index < -0.39 is 11.7 Å². The monoisotopic (exact) mass is 202 g/mol. The van der Waals surface area contributed by atoms with E-state index in [1.54, 1.807) is 13.0 Å². The molecule has 0 amide bonds. The molecule has 1 N–H and O–H groups in total. The van der Waals surface area contributed by atoms with Crippen molar-refractivity contribution < 1.29 is 14.6 Å². The molecular formula is C9H11ClO3. The van der Waals surface area contributed by atoms with Gasteiger partial charge < -0.3 is 9.84 Å². The summed E-state index contributed by atoms with van der Waals surface area (Å²) in [5, 5.41) is 9.83. The molecule has 0 aromatic heterocycles. The van der Waals surface area contributed by atoms with Crippen LogP contribution in [0.2, 0.25) is 0 Å². The van der Waals surface area contributed by atoms with Crippen LogP contribution < -0.4 is 0 Å². The number of ether oxygens (including phenoxy) is 1. The number of carbonyl (C=O) groups excluding carboxylic acids is 1. The van der Waals surface area contributed by atoms with Crippen LogP contribution in [0.4, 0.5) is 0 Å². The lowest BCUT2D eigenvalue weighted by atomic mass is 9.99. The molecule has 0 radical (unpaired) electrons. The summed E-state index contributed by atoms with van der Waals surface area (Å²) in [6, 6.07) is 0. The maximum absolute atomic E-state index is 10.6. The Morgan fingerprint density at radius 2 is 2.38 bits per heavy atom. The van der Waals surface area contributed by atoms with E-state index in [4.69, 9.17) is 16.3 Å². The second-order valence-electron chi connectivity index (χ2n) is 3.10. The normalized spacial score (nSPS) is 32.6. The fourth-order valence-corrected chi connectivity index (χ4v) is 1.18. The average molecular weight is 203 g/mol. The fraction of sp³-hybridized carbons (Fsp3) is 0.444. The van der Waals surface area contributed by atoms with Crippen molar-refractivity contribution in [1.29, 1.82) is 0 Å². The van der Waals surface area contributed by atoms with E-state index >= 15 is 0 Å². The van der Waals surface area contributed by atoms with Crippen LogP contribution in [0.25, 0.3) is 0 Å². The first-order valence-electron chi connectivity index (χ1n) is 3.88. The Labute approximate surface area is 81.6 Å². The Bertz CT molecular complexity index is 279. The molecule has 13 heavy (non-hydrogen) atoms. The number of hydrogen-bond acceptors (Lipinski definition) is 3. The van der Waals surface area contributed by atoms with Crippen molar-refractivity contribution in [2.24, 2.45) is 0 Å². The van der Waals surface area contributed by atoms with Gasteiger partial charge in [-0.2, -0.15) is 0 Å². The van der Waals surface area contributed by atoms with Crippen molar-refractivity contribution in [2.75, 3.05) is 0 Å². The second kappa shape index (κ2) is 3.52. The van der Waals surface area contributed by atoms with Gasteiger partial charge in [-0.3, -0.25) is 4.79 Å². The molecule has 0 heterocycles. The molecule has 0 saturated carbocycles. The third-order valence-electron chi connectivity index (χ3n) is 1.71. The van der Waals surface area contributed by atoms with Gasteiger partial charge in [0.15, 0.2) is 0 Å². The number of rotatable bonds is 1. The van der Waals surface area contributed by atoms with Gasteiger partial charge in [0, 0.05) is 6.92 Å². The van der Waals surface area contributed by atoms with Gasteiger partial charge in [-0.05, 0) is 25.2 Å². The van der Waals surface area contributed by atoms with Crippen molar-refractivity contribution in [3.05, 3.63) is 23.3 Å². The predicted octanol–water partition coefficient (Wildman–Crippen LogP) is 1.36. The van der Waals surface area contributed by atoms with Gasteiger partial charge in [0.25, 0.3) is 0 Å². The zero-order valence-electron chi connectivity index (χ0n) is 7.45. The SMILES string of the molecule is CC(=O)O[C@H]1C=C[C@@](C)(O)C(Cl)=C1. The molecule has 72 valence electrons. The molecule has 0 spiro atoms. The minimum atomic E-state index is -1.14. The first kappa shape index (κ1) is 10.3. The molecule has 1 aliphatic rings. The van der Waals surface area contributed by atoms with Gasteiger partial charge in [-0.1, -0.05) is 11.6 Å². The quantitative estimate of drug-likeness (QED) is 0.516. The lowest BCUT2D eigenvalue weighted by Crippen LogP contribution is -2.27. The first-order valence-corrected chi connectivity index (χ1v) is 4.26. The van der Waals surface area contributed by atoms with Crippen molar-refractivity contribution in [1.82, 2.24) is 0 Å². The van der Waals surface area contributed by atoms with Crippen molar-refractivity contribution in [2.45, 2.75) is 25.6 Å². The summed E-state index contributed by atoms with van der Waals surface area (Å²) in [5.41, 5.74) is -1.14. The van der Waals surface area contributed by atoms with E-state index in [1.807, 2.05) is 0 Å². The first-order chi connectivity index (χ1) is 5.92. The number of aliphatic hydroxyl groups is 1. The molecule has 0 aromatic rings. The largest absolute Gasteiger partial charge is 0.454 e. The molecule has 0 aromatic carbocycles. The molecule has 3 nitrogen and oxygen atoms in total. The highest BCUT2D eigenvalue weighted by Crippen LogP contribution is 2.27. The molecule has 0 fully saturated rings. The lowest BCUT2D eigenvalue weighted by Gasteiger charge is -2.24. The number of esters is 1. The molecule has 0 aliphatic heterocycles. The highest BCUT2D eigenvalue weighted by Gasteiger charge is 2.26. The zero-order valence-corrected chi connectivity index (χ0v) is 8.21. The van der Waals surface area contributed by atoms with Crippen LogP contribution in [0.3, 0.4) is 0 Å². The summed E-state index contributed by atoms with van der Waals surface area (Å²) in [6.07, 6.45) is 4.13. The molecule has 4 heteroatoms.